The first-order valence-corrected chi connectivity index (χ1v) is 7.34. The fourth-order valence-corrected chi connectivity index (χ4v) is 3.52. The second-order valence-electron chi connectivity index (χ2n) is 4.52. The van der Waals surface area contributed by atoms with E-state index in [-0.39, 0.29) is 0 Å². The number of likely N-dealkylation sites (N-methyl/N-ethyl adjacent to an activating group) is 1. The van der Waals surface area contributed by atoms with Crippen LogP contribution in [-0.4, -0.2) is 48.1 Å². The maximum Gasteiger partial charge on any atom is 0.227 e. The molecule has 0 saturated carbocycles. The molecule has 1 aromatic rings. The highest BCUT2D eigenvalue weighted by molar-refractivity contribution is 7.98. The molecule has 2 aliphatic rings. The molecule has 3 rings (SSSR count). The van der Waals surface area contributed by atoms with Crippen molar-refractivity contribution >= 4 is 29.3 Å². The van der Waals surface area contributed by atoms with E-state index in [1.165, 1.54) is 0 Å². The number of rotatable bonds is 1. The lowest BCUT2D eigenvalue weighted by Gasteiger charge is -2.32. The zero-order valence-corrected chi connectivity index (χ0v) is 11.4. The van der Waals surface area contributed by atoms with Crippen molar-refractivity contribution < 1.29 is 0 Å². The minimum absolute atomic E-state index is 0.647. The number of piperazine rings is 1. The molecule has 0 radical (unpaired) electrons. The number of hydrogen-bond acceptors (Lipinski definition) is 5. The first-order chi connectivity index (χ1) is 8.24. The summed E-state index contributed by atoms with van der Waals surface area (Å²) in [6.07, 6.45) is 0. The van der Waals surface area contributed by atoms with E-state index in [2.05, 4.69) is 26.8 Å². The van der Waals surface area contributed by atoms with Crippen LogP contribution in [0.5, 0.6) is 0 Å². The highest BCUT2D eigenvalue weighted by Gasteiger charge is 2.22. The van der Waals surface area contributed by atoms with Gasteiger partial charge in [0.1, 0.15) is 5.15 Å². The molecule has 6 heteroatoms. The molecular formula is C11H15ClN4S. The average molecular weight is 271 g/mol. The summed E-state index contributed by atoms with van der Waals surface area (Å²) in [4.78, 5) is 13.6. The number of hydrogen-bond donors (Lipinski definition) is 0. The molecule has 17 heavy (non-hydrogen) atoms. The number of fused-ring (bicyclic) bond motifs is 1. The third kappa shape index (κ3) is 2.23. The molecule has 4 nitrogen and oxygen atoms in total. The summed E-state index contributed by atoms with van der Waals surface area (Å²) in [5, 5.41) is 0.647. The molecule has 1 saturated heterocycles. The summed E-state index contributed by atoms with van der Waals surface area (Å²) in [5.74, 6) is 2.74. The summed E-state index contributed by atoms with van der Waals surface area (Å²) >= 11 is 8.08. The Kier molecular flexibility index (Phi) is 3.15. The van der Waals surface area contributed by atoms with Crippen LogP contribution in [0.1, 0.15) is 11.3 Å². The molecule has 1 aromatic heterocycles. The van der Waals surface area contributed by atoms with E-state index >= 15 is 0 Å². The summed E-state index contributed by atoms with van der Waals surface area (Å²) in [6, 6.07) is 0. The number of nitrogens with zero attached hydrogens (tertiary/aromatic N) is 4. The first-order valence-electron chi connectivity index (χ1n) is 5.80. The SMILES string of the molecule is CN1CCN(c2nc(Cl)c3c(n2)CSC3)CC1. The minimum atomic E-state index is 0.647. The molecule has 0 spiro atoms. The largest absolute Gasteiger partial charge is 0.338 e. The summed E-state index contributed by atoms with van der Waals surface area (Å²) in [6.45, 7) is 4.09. The molecular weight excluding hydrogens is 256 g/mol. The molecule has 0 N–H and O–H groups in total. The highest BCUT2D eigenvalue weighted by Crippen LogP contribution is 2.33. The third-order valence-corrected chi connectivity index (χ3v) is 4.58. The van der Waals surface area contributed by atoms with Crippen LogP contribution in [0, 0.1) is 0 Å². The van der Waals surface area contributed by atoms with Crippen LogP contribution in [0.3, 0.4) is 0 Å². The average Bonchev–Trinajstić information content (AvgIpc) is 2.78. The van der Waals surface area contributed by atoms with Crippen LogP contribution in [0.15, 0.2) is 0 Å². The van der Waals surface area contributed by atoms with Crippen LogP contribution < -0.4 is 4.90 Å². The van der Waals surface area contributed by atoms with E-state index in [9.17, 15) is 0 Å². The highest BCUT2D eigenvalue weighted by atomic mass is 35.5. The maximum atomic E-state index is 6.22. The van der Waals surface area contributed by atoms with Gasteiger partial charge in [-0.1, -0.05) is 11.6 Å². The van der Waals surface area contributed by atoms with E-state index in [4.69, 9.17) is 11.6 Å². The van der Waals surface area contributed by atoms with E-state index in [0.29, 0.717) is 5.15 Å². The van der Waals surface area contributed by atoms with Crippen molar-refractivity contribution in [2.45, 2.75) is 11.5 Å². The van der Waals surface area contributed by atoms with Gasteiger partial charge < -0.3 is 9.80 Å². The van der Waals surface area contributed by atoms with Gasteiger partial charge in [-0.3, -0.25) is 0 Å². The Morgan fingerprint density at radius 2 is 1.88 bits per heavy atom. The molecule has 92 valence electrons. The van der Waals surface area contributed by atoms with Crippen molar-refractivity contribution in [3.05, 3.63) is 16.4 Å². The van der Waals surface area contributed by atoms with Crippen molar-refractivity contribution in [3.8, 4) is 0 Å². The van der Waals surface area contributed by atoms with Crippen LogP contribution in [0.4, 0.5) is 5.95 Å². The molecule has 0 atom stereocenters. The molecule has 2 aliphatic heterocycles. The monoisotopic (exact) mass is 270 g/mol. The van der Waals surface area contributed by atoms with E-state index in [0.717, 1.165) is 54.9 Å². The molecule has 0 aromatic carbocycles. The molecule has 1 fully saturated rings. The Hall–Kier alpha value is -0.520. The Bertz CT molecular complexity index is 432. The number of anilines is 1. The van der Waals surface area contributed by atoms with Gasteiger partial charge in [0.15, 0.2) is 0 Å². The van der Waals surface area contributed by atoms with Gasteiger partial charge in [-0.2, -0.15) is 11.8 Å². The Morgan fingerprint density at radius 3 is 2.65 bits per heavy atom. The topological polar surface area (TPSA) is 32.3 Å². The molecule has 0 unspecified atom stereocenters. The van der Waals surface area contributed by atoms with Gasteiger partial charge in [-0.25, -0.2) is 9.97 Å². The molecule has 0 amide bonds. The normalized spacial score (nSPS) is 20.7. The summed E-state index contributed by atoms with van der Waals surface area (Å²) in [5.41, 5.74) is 2.26. The van der Waals surface area contributed by atoms with Crippen LogP contribution in [-0.2, 0) is 11.5 Å². The van der Waals surface area contributed by atoms with Gasteiger partial charge in [0.2, 0.25) is 5.95 Å². The fraction of sp³-hybridized carbons (Fsp3) is 0.636. The quantitative estimate of drug-likeness (QED) is 0.725. The van der Waals surface area contributed by atoms with Gasteiger partial charge in [0, 0.05) is 43.2 Å². The lowest BCUT2D eigenvalue weighted by molar-refractivity contribution is 0.311. The second kappa shape index (κ2) is 4.63. The van der Waals surface area contributed by atoms with Crippen molar-refractivity contribution in [1.82, 2.24) is 14.9 Å². The predicted octanol–water partition coefficient (Wildman–Crippen LogP) is 1.63. The van der Waals surface area contributed by atoms with Gasteiger partial charge in [-0.05, 0) is 7.05 Å². The molecule has 3 heterocycles. The van der Waals surface area contributed by atoms with Crippen molar-refractivity contribution in [2.75, 3.05) is 38.1 Å². The van der Waals surface area contributed by atoms with Crippen molar-refractivity contribution in [1.29, 1.82) is 0 Å². The van der Waals surface area contributed by atoms with E-state index in [1.54, 1.807) is 0 Å². The van der Waals surface area contributed by atoms with E-state index < -0.39 is 0 Å². The zero-order valence-electron chi connectivity index (χ0n) is 9.82. The fourth-order valence-electron chi connectivity index (χ4n) is 2.15. The Labute approximate surface area is 110 Å². The second-order valence-corrected chi connectivity index (χ2v) is 5.87. The van der Waals surface area contributed by atoms with Crippen molar-refractivity contribution in [3.63, 3.8) is 0 Å². The smallest absolute Gasteiger partial charge is 0.227 e. The molecule has 0 aliphatic carbocycles. The van der Waals surface area contributed by atoms with Gasteiger partial charge in [0.25, 0.3) is 0 Å². The first kappa shape index (κ1) is 11.6. The minimum Gasteiger partial charge on any atom is -0.338 e. The number of aromatic nitrogens is 2. The number of halogens is 1. The predicted molar refractivity (Wildman–Crippen MR) is 71.8 cm³/mol. The van der Waals surface area contributed by atoms with Crippen molar-refractivity contribution in [2.24, 2.45) is 0 Å². The van der Waals surface area contributed by atoms with Gasteiger partial charge in [-0.15, -0.1) is 0 Å². The third-order valence-electron chi connectivity index (χ3n) is 3.30. The lowest BCUT2D eigenvalue weighted by atomic mass is 10.3. The van der Waals surface area contributed by atoms with Gasteiger partial charge >= 0.3 is 0 Å². The number of thioether (sulfide) groups is 1. The van der Waals surface area contributed by atoms with Gasteiger partial charge in [0.05, 0.1) is 5.69 Å². The maximum absolute atomic E-state index is 6.22. The van der Waals surface area contributed by atoms with Crippen LogP contribution in [0.25, 0.3) is 0 Å². The summed E-state index contributed by atoms with van der Waals surface area (Å²) in [7, 11) is 2.14. The Balaban J connectivity index is 1.86. The van der Waals surface area contributed by atoms with Crippen LogP contribution >= 0.6 is 23.4 Å². The Morgan fingerprint density at radius 1 is 1.12 bits per heavy atom. The standard InChI is InChI=1S/C11H15ClN4S/c1-15-2-4-16(5-3-15)11-13-9-7-17-6-8(9)10(12)14-11/h2-7H2,1H3. The van der Waals surface area contributed by atoms with E-state index in [1.807, 2.05) is 11.8 Å². The summed E-state index contributed by atoms with van der Waals surface area (Å²) < 4.78 is 0. The van der Waals surface area contributed by atoms with Crippen LogP contribution in [0.2, 0.25) is 5.15 Å². The lowest BCUT2D eigenvalue weighted by Crippen LogP contribution is -2.45. The molecule has 0 bridgehead atoms. The zero-order chi connectivity index (χ0) is 11.8.